The van der Waals surface area contributed by atoms with Crippen LogP contribution in [0, 0.1) is 5.82 Å². The van der Waals surface area contributed by atoms with Crippen molar-refractivity contribution in [3.63, 3.8) is 0 Å². The van der Waals surface area contributed by atoms with E-state index in [-0.39, 0.29) is 11.9 Å². The van der Waals surface area contributed by atoms with E-state index in [1.165, 1.54) is 10.9 Å². The number of halogens is 2. The quantitative estimate of drug-likeness (QED) is 0.856. The average Bonchev–Trinajstić information content (AvgIpc) is 2.77. The third-order valence-corrected chi connectivity index (χ3v) is 3.97. The molecule has 0 spiro atoms. The van der Waals surface area contributed by atoms with Gasteiger partial charge in [-0.15, -0.1) is 11.3 Å². The van der Waals surface area contributed by atoms with Gasteiger partial charge in [0.15, 0.2) is 0 Å². The minimum Gasteiger partial charge on any atom is -0.378 e. The second-order valence-electron chi connectivity index (χ2n) is 3.51. The molecule has 4 heteroatoms. The molecule has 2 rings (SSSR count). The number of hydrogen-bond acceptors (Lipinski definition) is 2. The second kappa shape index (κ2) is 4.97. The molecule has 0 saturated carbocycles. The molecule has 1 heterocycles. The Labute approximate surface area is 106 Å². The molecule has 1 aromatic heterocycles. The molecule has 0 radical (unpaired) electrons. The van der Waals surface area contributed by atoms with Crippen LogP contribution in [0.2, 0.25) is 0 Å². The van der Waals surface area contributed by atoms with Crippen molar-refractivity contribution >= 4 is 33.0 Å². The van der Waals surface area contributed by atoms with Crippen LogP contribution in [0.25, 0.3) is 0 Å². The molecule has 1 nitrogen and oxygen atoms in total. The number of anilines is 1. The molecule has 0 aliphatic carbocycles. The van der Waals surface area contributed by atoms with Crippen molar-refractivity contribution in [3.8, 4) is 0 Å². The predicted octanol–water partition coefficient (Wildman–Crippen LogP) is 4.82. The molecular weight excluding hydrogens is 289 g/mol. The van der Waals surface area contributed by atoms with E-state index in [1.807, 2.05) is 17.5 Å². The molecule has 1 atom stereocenters. The molecule has 1 unspecified atom stereocenters. The van der Waals surface area contributed by atoms with Gasteiger partial charge >= 0.3 is 0 Å². The topological polar surface area (TPSA) is 12.0 Å². The standard InChI is InChI=1S/C12H11BrFNS/c1-8(12-3-2-6-16-12)15-9-4-5-10(13)11(14)7-9/h2-8,15H,1H3. The summed E-state index contributed by atoms with van der Waals surface area (Å²) in [7, 11) is 0. The van der Waals surface area contributed by atoms with E-state index in [9.17, 15) is 4.39 Å². The highest BCUT2D eigenvalue weighted by Gasteiger charge is 2.07. The van der Waals surface area contributed by atoms with Crippen LogP contribution < -0.4 is 5.32 Å². The van der Waals surface area contributed by atoms with Crippen molar-refractivity contribution in [2.75, 3.05) is 5.32 Å². The van der Waals surface area contributed by atoms with E-state index >= 15 is 0 Å². The van der Waals surface area contributed by atoms with Gasteiger partial charge in [-0.2, -0.15) is 0 Å². The lowest BCUT2D eigenvalue weighted by Gasteiger charge is -2.13. The van der Waals surface area contributed by atoms with Crippen LogP contribution in [0.15, 0.2) is 40.2 Å². The predicted molar refractivity (Wildman–Crippen MR) is 70.5 cm³/mol. The molecule has 0 aliphatic heterocycles. The Hall–Kier alpha value is -0.870. The molecule has 1 aromatic carbocycles. The summed E-state index contributed by atoms with van der Waals surface area (Å²) in [5, 5.41) is 5.30. The van der Waals surface area contributed by atoms with Gasteiger partial charge in [-0.1, -0.05) is 6.07 Å². The van der Waals surface area contributed by atoms with Crippen LogP contribution in [0.4, 0.5) is 10.1 Å². The fourth-order valence-electron chi connectivity index (χ4n) is 1.44. The van der Waals surface area contributed by atoms with E-state index in [0.29, 0.717) is 4.47 Å². The van der Waals surface area contributed by atoms with E-state index in [1.54, 1.807) is 17.4 Å². The molecule has 84 valence electrons. The van der Waals surface area contributed by atoms with Gasteiger partial charge in [-0.25, -0.2) is 4.39 Å². The number of hydrogen-bond donors (Lipinski definition) is 1. The van der Waals surface area contributed by atoms with Gasteiger partial charge in [-0.3, -0.25) is 0 Å². The maximum Gasteiger partial charge on any atom is 0.139 e. The van der Waals surface area contributed by atoms with Gasteiger partial charge in [0, 0.05) is 10.6 Å². The Balaban J connectivity index is 2.12. The second-order valence-corrected chi connectivity index (χ2v) is 5.34. The van der Waals surface area contributed by atoms with Crippen LogP contribution >= 0.6 is 27.3 Å². The van der Waals surface area contributed by atoms with Crippen LogP contribution in [0.3, 0.4) is 0 Å². The van der Waals surface area contributed by atoms with Crippen molar-refractivity contribution in [2.24, 2.45) is 0 Å². The lowest BCUT2D eigenvalue weighted by molar-refractivity contribution is 0.621. The molecule has 1 N–H and O–H groups in total. The van der Waals surface area contributed by atoms with Crippen molar-refractivity contribution in [1.29, 1.82) is 0 Å². The van der Waals surface area contributed by atoms with Crippen molar-refractivity contribution < 1.29 is 4.39 Å². The first-order chi connectivity index (χ1) is 7.66. The maximum atomic E-state index is 13.3. The Morgan fingerprint density at radius 1 is 1.38 bits per heavy atom. The van der Waals surface area contributed by atoms with Crippen molar-refractivity contribution in [2.45, 2.75) is 13.0 Å². The van der Waals surface area contributed by atoms with E-state index in [0.717, 1.165) is 5.69 Å². The zero-order valence-electron chi connectivity index (χ0n) is 8.71. The average molecular weight is 300 g/mol. The van der Waals surface area contributed by atoms with E-state index in [4.69, 9.17) is 0 Å². The molecule has 2 aromatic rings. The highest BCUT2D eigenvalue weighted by Crippen LogP contribution is 2.25. The molecule has 0 aliphatic rings. The monoisotopic (exact) mass is 299 g/mol. The van der Waals surface area contributed by atoms with Gasteiger partial charge in [0.1, 0.15) is 5.82 Å². The third-order valence-electron chi connectivity index (χ3n) is 2.27. The van der Waals surface area contributed by atoms with Gasteiger partial charge in [-0.05, 0) is 52.5 Å². The highest BCUT2D eigenvalue weighted by atomic mass is 79.9. The minimum absolute atomic E-state index is 0.195. The van der Waals surface area contributed by atoms with Crippen molar-refractivity contribution in [3.05, 3.63) is 50.9 Å². The Bertz CT molecular complexity index is 470. The van der Waals surface area contributed by atoms with Gasteiger partial charge in [0.25, 0.3) is 0 Å². The lowest BCUT2D eigenvalue weighted by atomic mass is 10.2. The summed E-state index contributed by atoms with van der Waals surface area (Å²) in [6.45, 7) is 2.06. The first-order valence-corrected chi connectivity index (χ1v) is 6.59. The number of benzene rings is 1. The Morgan fingerprint density at radius 2 is 2.19 bits per heavy atom. The first kappa shape index (κ1) is 11.6. The summed E-state index contributed by atoms with van der Waals surface area (Å²) in [5.74, 6) is -0.247. The van der Waals surface area contributed by atoms with Gasteiger partial charge < -0.3 is 5.32 Å². The normalized spacial score (nSPS) is 12.4. The van der Waals surface area contributed by atoms with Crippen LogP contribution in [0.1, 0.15) is 17.8 Å². The van der Waals surface area contributed by atoms with Crippen LogP contribution in [-0.2, 0) is 0 Å². The molecular formula is C12H11BrFNS. The Morgan fingerprint density at radius 3 is 2.81 bits per heavy atom. The summed E-state index contributed by atoms with van der Waals surface area (Å²) >= 11 is 4.83. The van der Waals surface area contributed by atoms with E-state index in [2.05, 4.69) is 34.2 Å². The zero-order chi connectivity index (χ0) is 11.5. The number of nitrogens with one attached hydrogen (secondary N) is 1. The highest BCUT2D eigenvalue weighted by molar-refractivity contribution is 9.10. The summed E-state index contributed by atoms with van der Waals surface area (Å²) in [6, 6.07) is 9.34. The molecule has 0 saturated heterocycles. The van der Waals surface area contributed by atoms with Gasteiger partial charge in [0.2, 0.25) is 0 Å². The minimum atomic E-state index is -0.247. The summed E-state index contributed by atoms with van der Waals surface area (Å²) in [6.07, 6.45) is 0. The SMILES string of the molecule is CC(Nc1ccc(Br)c(F)c1)c1cccs1. The molecule has 0 bridgehead atoms. The lowest BCUT2D eigenvalue weighted by Crippen LogP contribution is -2.04. The summed E-state index contributed by atoms with van der Waals surface area (Å²) < 4.78 is 13.8. The fourth-order valence-corrected chi connectivity index (χ4v) is 2.43. The summed E-state index contributed by atoms with van der Waals surface area (Å²) in [4.78, 5) is 1.24. The molecule has 16 heavy (non-hydrogen) atoms. The van der Waals surface area contributed by atoms with Crippen LogP contribution in [0.5, 0.6) is 0 Å². The first-order valence-electron chi connectivity index (χ1n) is 4.92. The zero-order valence-corrected chi connectivity index (χ0v) is 11.1. The van der Waals surface area contributed by atoms with Crippen molar-refractivity contribution in [1.82, 2.24) is 0 Å². The van der Waals surface area contributed by atoms with Crippen LogP contribution in [-0.4, -0.2) is 0 Å². The maximum absolute atomic E-state index is 13.3. The third kappa shape index (κ3) is 2.62. The van der Waals surface area contributed by atoms with Gasteiger partial charge in [0.05, 0.1) is 10.5 Å². The molecule has 0 fully saturated rings. The molecule has 0 amide bonds. The Kier molecular flexibility index (Phi) is 3.61. The number of thiophene rings is 1. The summed E-state index contributed by atoms with van der Waals surface area (Å²) in [5.41, 5.74) is 0.793. The van der Waals surface area contributed by atoms with E-state index < -0.39 is 0 Å². The number of rotatable bonds is 3. The fraction of sp³-hybridized carbons (Fsp3) is 0.167. The smallest absolute Gasteiger partial charge is 0.139 e. The largest absolute Gasteiger partial charge is 0.378 e.